The van der Waals surface area contributed by atoms with Crippen LogP contribution in [-0.4, -0.2) is 88.1 Å². The normalized spacial score (nSPS) is 47.6. The molecule has 5 N–H and O–H groups in total. The fourth-order valence-electron chi connectivity index (χ4n) is 7.10. The Labute approximate surface area is 206 Å². The second-order valence-corrected chi connectivity index (χ2v) is 11.3. The Balaban J connectivity index is 1.50. The lowest BCUT2D eigenvalue weighted by Gasteiger charge is -2.59. The zero-order valence-corrected chi connectivity index (χ0v) is 20.6. The van der Waals surface area contributed by atoms with Crippen molar-refractivity contribution >= 4 is 5.97 Å². The van der Waals surface area contributed by atoms with E-state index in [-0.39, 0.29) is 29.3 Å². The van der Waals surface area contributed by atoms with Crippen molar-refractivity contribution < 1.29 is 44.5 Å². The van der Waals surface area contributed by atoms with Crippen molar-refractivity contribution in [2.75, 3.05) is 19.8 Å². The highest BCUT2D eigenvalue weighted by molar-refractivity contribution is 5.91. The second-order valence-electron chi connectivity index (χ2n) is 11.3. The van der Waals surface area contributed by atoms with E-state index in [1.165, 1.54) is 0 Å². The number of aliphatic hydroxyl groups is 5. The number of rotatable bonds is 6. The molecule has 0 aromatic rings. The largest absolute Gasteiger partial charge is 0.459 e. The summed E-state index contributed by atoms with van der Waals surface area (Å²) in [5.41, 5.74) is 1.16. The first-order valence-electron chi connectivity index (χ1n) is 12.7. The third-order valence-electron chi connectivity index (χ3n) is 9.11. The molecule has 2 aliphatic heterocycles. The van der Waals surface area contributed by atoms with E-state index in [0.717, 1.165) is 37.7 Å². The van der Waals surface area contributed by atoms with E-state index >= 15 is 0 Å². The number of hydrogen-bond donors (Lipinski definition) is 5. The fraction of sp³-hybridized carbons (Fsp3) is 0.808. The van der Waals surface area contributed by atoms with Gasteiger partial charge in [-0.05, 0) is 54.8 Å². The summed E-state index contributed by atoms with van der Waals surface area (Å²) < 4.78 is 16.6. The summed E-state index contributed by atoms with van der Waals surface area (Å²) in [6.07, 6.45) is -0.201. The van der Waals surface area contributed by atoms with Crippen molar-refractivity contribution in [2.24, 2.45) is 22.7 Å². The minimum Gasteiger partial charge on any atom is -0.459 e. The molecule has 0 spiro atoms. The van der Waals surface area contributed by atoms with Crippen LogP contribution in [0.15, 0.2) is 23.8 Å². The van der Waals surface area contributed by atoms with Crippen molar-refractivity contribution in [2.45, 2.75) is 89.2 Å². The van der Waals surface area contributed by atoms with E-state index in [0.29, 0.717) is 18.6 Å². The smallest absolute Gasteiger partial charge is 0.336 e. The van der Waals surface area contributed by atoms with Gasteiger partial charge in [0.1, 0.15) is 37.1 Å². The molecule has 2 aliphatic carbocycles. The predicted octanol–water partition coefficient (Wildman–Crippen LogP) is 0.816. The Morgan fingerprint density at radius 2 is 1.89 bits per heavy atom. The lowest BCUT2D eigenvalue weighted by molar-refractivity contribution is -0.309. The summed E-state index contributed by atoms with van der Waals surface area (Å²) in [6.45, 7) is 8.62. The van der Waals surface area contributed by atoms with Gasteiger partial charge in [-0.3, -0.25) is 0 Å². The van der Waals surface area contributed by atoms with Gasteiger partial charge in [0.05, 0.1) is 18.8 Å². The van der Waals surface area contributed by atoms with Crippen molar-refractivity contribution in [3.8, 4) is 0 Å². The molecule has 10 unspecified atom stereocenters. The van der Waals surface area contributed by atoms with E-state index in [1.807, 2.05) is 6.08 Å². The molecule has 4 aliphatic rings. The average molecular weight is 497 g/mol. The van der Waals surface area contributed by atoms with Crippen LogP contribution in [0.5, 0.6) is 0 Å². The van der Waals surface area contributed by atoms with Gasteiger partial charge in [0.2, 0.25) is 0 Å². The van der Waals surface area contributed by atoms with Crippen molar-refractivity contribution in [1.29, 1.82) is 0 Å². The summed E-state index contributed by atoms with van der Waals surface area (Å²) in [6, 6.07) is 0. The lowest BCUT2D eigenvalue weighted by atomic mass is 9.47. The molecule has 0 bridgehead atoms. The van der Waals surface area contributed by atoms with Crippen LogP contribution in [0, 0.1) is 22.7 Å². The molecule has 10 atom stereocenters. The highest BCUT2D eigenvalue weighted by atomic mass is 16.7. The number of ether oxygens (including phenoxy) is 3. The molecule has 9 heteroatoms. The number of allylic oxidation sites excluding steroid dienone is 2. The topological polar surface area (TPSA) is 146 Å². The van der Waals surface area contributed by atoms with Crippen molar-refractivity contribution in [3.05, 3.63) is 23.8 Å². The highest BCUT2D eigenvalue weighted by Gasteiger charge is 2.55. The number of hydrogen-bond acceptors (Lipinski definition) is 9. The Hall–Kier alpha value is -1.33. The maximum atomic E-state index is 12.0. The summed E-state index contributed by atoms with van der Waals surface area (Å²) in [5.74, 6) is -0.0359. The molecule has 0 radical (unpaired) electrons. The third-order valence-corrected chi connectivity index (χ3v) is 9.11. The van der Waals surface area contributed by atoms with Crippen LogP contribution >= 0.6 is 0 Å². The van der Waals surface area contributed by atoms with Gasteiger partial charge >= 0.3 is 5.97 Å². The first-order valence-corrected chi connectivity index (χ1v) is 12.7. The van der Waals surface area contributed by atoms with Gasteiger partial charge < -0.3 is 39.7 Å². The van der Waals surface area contributed by atoms with Gasteiger partial charge in [-0.1, -0.05) is 38.5 Å². The van der Waals surface area contributed by atoms with Crippen LogP contribution in [-0.2, 0) is 19.0 Å². The summed E-state index contributed by atoms with van der Waals surface area (Å²) >= 11 is 0. The van der Waals surface area contributed by atoms with Crippen molar-refractivity contribution in [3.63, 3.8) is 0 Å². The maximum absolute atomic E-state index is 12.0. The van der Waals surface area contributed by atoms with Gasteiger partial charge in [-0.15, -0.1) is 0 Å². The third kappa shape index (κ3) is 4.84. The highest BCUT2D eigenvalue weighted by Crippen LogP contribution is 2.62. The van der Waals surface area contributed by atoms with E-state index in [4.69, 9.17) is 14.2 Å². The summed E-state index contributed by atoms with van der Waals surface area (Å²) in [4.78, 5) is 12.0. The summed E-state index contributed by atoms with van der Waals surface area (Å²) in [5, 5.41) is 50.1. The molecular weight excluding hydrogens is 456 g/mol. The Morgan fingerprint density at radius 1 is 1.14 bits per heavy atom. The van der Waals surface area contributed by atoms with Gasteiger partial charge in [-0.25, -0.2) is 4.79 Å². The van der Waals surface area contributed by atoms with Gasteiger partial charge in [0.15, 0.2) is 6.29 Å². The van der Waals surface area contributed by atoms with Crippen molar-refractivity contribution in [1.82, 2.24) is 0 Å². The first-order chi connectivity index (χ1) is 16.5. The number of carbonyl (C=O) groups excluding carboxylic acids is 1. The van der Waals surface area contributed by atoms with Crippen LogP contribution in [0.3, 0.4) is 0 Å². The predicted molar refractivity (Wildman–Crippen MR) is 125 cm³/mol. The molecular formula is C26H40O9. The number of fused-ring (bicyclic) bond motifs is 1. The average Bonchev–Trinajstić information content (AvgIpc) is 3.13. The summed E-state index contributed by atoms with van der Waals surface area (Å²) in [7, 11) is 0. The van der Waals surface area contributed by atoms with Crippen LogP contribution in [0.25, 0.3) is 0 Å². The zero-order valence-electron chi connectivity index (χ0n) is 20.6. The van der Waals surface area contributed by atoms with E-state index in [9.17, 15) is 30.3 Å². The molecule has 9 nitrogen and oxygen atoms in total. The lowest BCUT2D eigenvalue weighted by Crippen LogP contribution is -2.60. The molecule has 35 heavy (non-hydrogen) atoms. The molecule has 0 amide bonds. The van der Waals surface area contributed by atoms with Crippen LogP contribution in [0.1, 0.15) is 52.4 Å². The van der Waals surface area contributed by atoms with Crippen LogP contribution in [0.4, 0.5) is 0 Å². The number of carbonyl (C=O) groups is 1. The SMILES string of the molecule is C=C1CCC2C(C)(COC3OC(CO)C(O)C(O)C3O)CCCC2(C)C1CC=C1C(=O)OCC1O. The minimum absolute atomic E-state index is 0.00351. The van der Waals surface area contributed by atoms with E-state index in [2.05, 4.69) is 20.4 Å². The molecule has 2 saturated carbocycles. The number of esters is 1. The van der Waals surface area contributed by atoms with Crippen LogP contribution < -0.4 is 0 Å². The molecule has 2 saturated heterocycles. The molecule has 4 fully saturated rings. The fourth-order valence-corrected chi connectivity index (χ4v) is 7.10. The number of cyclic esters (lactones) is 1. The van der Waals surface area contributed by atoms with E-state index in [1.54, 1.807) is 0 Å². The molecule has 198 valence electrons. The molecule has 2 heterocycles. The Kier molecular flexibility index (Phi) is 7.79. The van der Waals surface area contributed by atoms with Gasteiger partial charge in [-0.2, -0.15) is 0 Å². The van der Waals surface area contributed by atoms with Crippen LogP contribution in [0.2, 0.25) is 0 Å². The second kappa shape index (κ2) is 10.2. The van der Waals surface area contributed by atoms with E-state index < -0.39 is 49.4 Å². The molecule has 0 aromatic heterocycles. The quantitative estimate of drug-likeness (QED) is 0.205. The molecule has 4 rings (SSSR count). The minimum atomic E-state index is -1.47. The first kappa shape index (κ1) is 26.7. The zero-order chi connectivity index (χ0) is 25.5. The number of aliphatic hydroxyl groups excluding tert-OH is 5. The monoisotopic (exact) mass is 496 g/mol. The Morgan fingerprint density at radius 3 is 2.54 bits per heavy atom. The van der Waals surface area contributed by atoms with Gasteiger partial charge in [0.25, 0.3) is 0 Å². The Bertz CT molecular complexity index is 841. The molecule has 0 aromatic carbocycles. The maximum Gasteiger partial charge on any atom is 0.336 e. The van der Waals surface area contributed by atoms with Gasteiger partial charge in [0, 0.05) is 0 Å². The standard InChI is InChI=1S/C26H40O9/c1-14-5-8-19-25(2,13-34-24-22(31)21(30)20(29)18(11-27)35-24)9-4-10-26(19,3)16(14)7-6-15-17(28)12-33-23(15)32/h6,16-22,24,27-31H,1,4-5,7-13H2,2-3H3.